The van der Waals surface area contributed by atoms with Crippen LogP contribution in [0.5, 0.6) is 11.5 Å². The van der Waals surface area contributed by atoms with Crippen molar-refractivity contribution in [2.75, 3.05) is 13.1 Å². The van der Waals surface area contributed by atoms with Gasteiger partial charge in [-0.2, -0.15) is 0 Å². The number of hydrogen-bond donors (Lipinski definition) is 2. The second kappa shape index (κ2) is 7.96. The van der Waals surface area contributed by atoms with Crippen molar-refractivity contribution in [3.05, 3.63) is 101 Å². The van der Waals surface area contributed by atoms with Gasteiger partial charge in [0.25, 0.3) is 0 Å². The van der Waals surface area contributed by atoms with E-state index in [1.807, 2.05) is 12.3 Å². The molecule has 0 unspecified atom stereocenters. The maximum absolute atomic E-state index is 12.9. The average molecular weight is 529 g/mol. The van der Waals surface area contributed by atoms with E-state index in [0.717, 1.165) is 59.8 Å². The first-order valence-electron chi connectivity index (χ1n) is 14.7. The summed E-state index contributed by atoms with van der Waals surface area (Å²) in [5, 5.41) is 23.8. The Kier molecular flexibility index (Phi) is 4.59. The van der Waals surface area contributed by atoms with Gasteiger partial charge in [-0.25, -0.2) is 0 Å². The molecule has 2 N–H and O–H groups in total. The molecule has 2 bridgehead atoms. The molecule has 3 aliphatic carbocycles. The summed E-state index contributed by atoms with van der Waals surface area (Å²) >= 11 is 0. The zero-order valence-corrected chi connectivity index (χ0v) is 22.4. The first-order valence-corrected chi connectivity index (χ1v) is 14.7. The summed E-state index contributed by atoms with van der Waals surface area (Å²) in [6.07, 6.45) is 6.29. The van der Waals surface area contributed by atoms with E-state index in [2.05, 4.69) is 65.6 Å². The number of aromatic nitrogens is 1. The van der Waals surface area contributed by atoms with Crippen LogP contribution in [-0.2, 0) is 18.3 Å². The number of piperidine rings is 1. The number of phenols is 1. The Morgan fingerprint density at radius 3 is 2.42 bits per heavy atom. The number of aromatic hydroxyl groups is 1. The molecular formula is C35H32N2O3. The van der Waals surface area contributed by atoms with Gasteiger partial charge in [0.1, 0.15) is 0 Å². The normalized spacial score (nSPS) is 29.4. The van der Waals surface area contributed by atoms with Gasteiger partial charge in [-0.05, 0) is 78.1 Å². The van der Waals surface area contributed by atoms with Crippen molar-refractivity contribution in [1.29, 1.82) is 0 Å². The average Bonchev–Trinajstić information content (AvgIpc) is 3.72. The summed E-state index contributed by atoms with van der Waals surface area (Å²) in [5.41, 5.74) is 7.19. The van der Waals surface area contributed by atoms with Gasteiger partial charge in [0.05, 0.1) is 16.7 Å². The Labute approximate surface area is 234 Å². The Morgan fingerprint density at radius 1 is 0.900 bits per heavy atom. The van der Waals surface area contributed by atoms with Crippen LogP contribution < -0.4 is 4.74 Å². The van der Waals surface area contributed by atoms with Crippen molar-refractivity contribution in [1.82, 2.24) is 9.88 Å². The molecule has 9 rings (SSSR count). The molecule has 1 spiro atoms. The third-order valence-electron chi connectivity index (χ3n) is 10.5. The maximum atomic E-state index is 12.9. The largest absolute Gasteiger partial charge is 0.504 e. The van der Waals surface area contributed by atoms with Crippen molar-refractivity contribution < 1.29 is 14.9 Å². The lowest BCUT2D eigenvalue weighted by Crippen LogP contribution is -2.74. The van der Waals surface area contributed by atoms with Crippen molar-refractivity contribution in [2.24, 2.45) is 5.92 Å². The number of likely N-dealkylation sites (tertiary alicyclic amines) is 1. The number of phenolic OH excluding ortho intramolecular Hbond substituents is 1. The molecule has 1 aromatic heterocycles. The predicted octanol–water partition coefficient (Wildman–Crippen LogP) is 5.82. The standard InChI is InChI=1S/C35H32N2O3/c38-28-13-12-25-17-29-35(39)18-26-16-27(24-10-8-23(9-11-24)22-4-2-1-3-5-22)19-36-31(26)33-34(35,30(25)32(28)40-33)14-15-37(29)20-21-6-7-21/h1-5,8-13,16,19,21,29,33,38-39H,6-7,14-15,17-18,20H2/t29-,33-,34-,35+/m0/s1. The summed E-state index contributed by atoms with van der Waals surface area (Å²) in [6, 6.07) is 25.1. The third-order valence-corrected chi connectivity index (χ3v) is 10.5. The molecule has 5 heteroatoms. The molecule has 200 valence electrons. The molecule has 0 amide bonds. The zero-order chi connectivity index (χ0) is 26.6. The monoisotopic (exact) mass is 528 g/mol. The molecule has 40 heavy (non-hydrogen) atoms. The maximum Gasteiger partial charge on any atom is 0.166 e. The topological polar surface area (TPSA) is 65.8 Å². The van der Waals surface area contributed by atoms with Gasteiger partial charge in [-0.3, -0.25) is 9.88 Å². The number of aliphatic hydroxyl groups is 1. The Hall–Kier alpha value is -3.67. The fourth-order valence-electron chi connectivity index (χ4n) is 8.49. The van der Waals surface area contributed by atoms with Gasteiger partial charge in [0.2, 0.25) is 0 Å². The molecule has 1 saturated carbocycles. The number of nitrogens with zero attached hydrogens (tertiary/aromatic N) is 2. The van der Waals surface area contributed by atoms with Crippen molar-refractivity contribution >= 4 is 0 Å². The Bertz CT molecular complexity index is 1660. The number of benzene rings is 3. The van der Waals surface area contributed by atoms with Crippen molar-refractivity contribution in [3.63, 3.8) is 0 Å². The summed E-state index contributed by atoms with van der Waals surface area (Å²) < 4.78 is 6.65. The van der Waals surface area contributed by atoms with E-state index in [1.165, 1.54) is 29.5 Å². The molecule has 2 aliphatic heterocycles. The van der Waals surface area contributed by atoms with Crippen LogP contribution in [0.2, 0.25) is 0 Å². The lowest BCUT2D eigenvalue weighted by molar-refractivity contribution is -0.173. The third kappa shape index (κ3) is 2.97. The fraction of sp³-hybridized carbons (Fsp3) is 0.343. The van der Waals surface area contributed by atoms with Crippen LogP contribution in [0.25, 0.3) is 22.3 Å². The number of fused-ring (bicyclic) bond motifs is 2. The second-order valence-electron chi connectivity index (χ2n) is 12.6. The van der Waals surface area contributed by atoms with E-state index in [9.17, 15) is 10.2 Å². The molecule has 1 saturated heterocycles. The Balaban J connectivity index is 1.16. The van der Waals surface area contributed by atoms with E-state index in [1.54, 1.807) is 6.07 Å². The molecule has 5 aliphatic rings. The minimum Gasteiger partial charge on any atom is -0.504 e. The number of pyridine rings is 1. The van der Waals surface area contributed by atoms with E-state index in [0.29, 0.717) is 12.2 Å². The highest BCUT2D eigenvalue weighted by molar-refractivity contribution is 5.71. The molecule has 4 aromatic rings. The highest BCUT2D eigenvalue weighted by atomic mass is 16.5. The van der Waals surface area contributed by atoms with Crippen LogP contribution in [0.15, 0.2) is 79.0 Å². The minimum atomic E-state index is -0.985. The molecule has 3 heterocycles. The van der Waals surface area contributed by atoms with Gasteiger partial charge in [-0.1, -0.05) is 60.7 Å². The van der Waals surface area contributed by atoms with Gasteiger partial charge < -0.3 is 14.9 Å². The summed E-state index contributed by atoms with van der Waals surface area (Å²) in [4.78, 5) is 7.61. The number of hydrogen-bond acceptors (Lipinski definition) is 5. The van der Waals surface area contributed by atoms with Crippen molar-refractivity contribution in [2.45, 2.75) is 55.3 Å². The molecule has 5 nitrogen and oxygen atoms in total. The lowest BCUT2D eigenvalue weighted by Gasteiger charge is -2.63. The first kappa shape index (κ1) is 23.1. The lowest BCUT2D eigenvalue weighted by atomic mass is 9.49. The highest BCUT2D eigenvalue weighted by Crippen LogP contribution is 2.68. The number of ether oxygens (including phenoxy) is 1. The van der Waals surface area contributed by atoms with Gasteiger partial charge >= 0.3 is 0 Å². The summed E-state index contributed by atoms with van der Waals surface area (Å²) in [5.74, 6) is 1.48. The van der Waals surface area contributed by atoms with Crippen LogP contribution >= 0.6 is 0 Å². The van der Waals surface area contributed by atoms with E-state index < -0.39 is 17.1 Å². The second-order valence-corrected chi connectivity index (χ2v) is 12.6. The van der Waals surface area contributed by atoms with E-state index in [-0.39, 0.29) is 11.8 Å². The zero-order valence-electron chi connectivity index (χ0n) is 22.4. The SMILES string of the molecule is Oc1ccc2c3c1O[C@H]1c4ncc(-c5ccc(-c6ccccc6)cc5)cc4C[C@@]4(O)[C@H](C2)N(CC2CC2)CC[C@]314. The van der Waals surface area contributed by atoms with E-state index in [4.69, 9.17) is 9.72 Å². The van der Waals surface area contributed by atoms with Crippen LogP contribution in [0.1, 0.15) is 47.8 Å². The van der Waals surface area contributed by atoms with Gasteiger partial charge in [0.15, 0.2) is 17.6 Å². The van der Waals surface area contributed by atoms with Crippen molar-refractivity contribution in [3.8, 4) is 33.8 Å². The Morgan fingerprint density at radius 2 is 1.65 bits per heavy atom. The summed E-state index contributed by atoms with van der Waals surface area (Å²) in [7, 11) is 0. The minimum absolute atomic E-state index is 0.0258. The van der Waals surface area contributed by atoms with Crippen LogP contribution in [0.3, 0.4) is 0 Å². The number of rotatable bonds is 4. The van der Waals surface area contributed by atoms with Crippen LogP contribution in [-0.4, -0.2) is 44.8 Å². The molecule has 2 fully saturated rings. The smallest absolute Gasteiger partial charge is 0.166 e. The highest BCUT2D eigenvalue weighted by Gasteiger charge is 2.72. The van der Waals surface area contributed by atoms with E-state index >= 15 is 0 Å². The molecule has 3 aromatic carbocycles. The first-order chi connectivity index (χ1) is 19.5. The predicted molar refractivity (Wildman–Crippen MR) is 153 cm³/mol. The molecule has 0 radical (unpaired) electrons. The fourth-order valence-corrected chi connectivity index (χ4v) is 8.49. The summed E-state index contributed by atoms with van der Waals surface area (Å²) in [6.45, 7) is 2.01. The molecular weight excluding hydrogens is 496 g/mol. The van der Waals surface area contributed by atoms with Crippen LogP contribution in [0, 0.1) is 5.92 Å². The van der Waals surface area contributed by atoms with Crippen LogP contribution in [0.4, 0.5) is 0 Å². The quantitative estimate of drug-likeness (QED) is 0.350. The van der Waals surface area contributed by atoms with Gasteiger partial charge in [-0.15, -0.1) is 0 Å². The molecule has 4 atom stereocenters. The van der Waals surface area contributed by atoms with Gasteiger partial charge in [0, 0.05) is 36.3 Å².